The third kappa shape index (κ3) is 6.49. The second-order valence-electron chi connectivity index (χ2n) is 7.37. The zero-order chi connectivity index (χ0) is 18.5. The van der Waals surface area contributed by atoms with Crippen molar-refractivity contribution in [3.63, 3.8) is 0 Å². The Kier molecular flexibility index (Phi) is 9.97. The number of halogens is 2. The van der Waals surface area contributed by atoms with Gasteiger partial charge < -0.3 is 11.1 Å². The Labute approximate surface area is 180 Å². The van der Waals surface area contributed by atoms with Crippen molar-refractivity contribution in [1.82, 2.24) is 10.2 Å². The van der Waals surface area contributed by atoms with Gasteiger partial charge in [-0.05, 0) is 43.4 Å². The van der Waals surface area contributed by atoms with Crippen LogP contribution in [-0.2, 0) is 11.3 Å². The highest BCUT2D eigenvalue weighted by molar-refractivity contribution is 5.85. The fourth-order valence-corrected chi connectivity index (χ4v) is 3.48. The van der Waals surface area contributed by atoms with Crippen molar-refractivity contribution >= 4 is 30.7 Å². The lowest BCUT2D eigenvalue weighted by Crippen LogP contribution is -2.46. The van der Waals surface area contributed by atoms with Gasteiger partial charge in [0.25, 0.3) is 0 Å². The van der Waals surface area contributed by atoms with Crippen LogP contribution in [0.4, 0.5) is 0 Å². The molecule has 0 aliphatic carbocycles. The Morgan fingerprint density at radius 2 is 1.68 bits per heavy atom. The molecule has 3 N–H and O–H groups in total. The molecular formula is C22H31Cl2N3O. The maximum absolute atomic E-state index is 12.5. The maximum Gasteiger partial charge on any atom is 0.241 e. The first kappa shape index (κ1) is 24.4. The predicted molar refractivity (Wildman–Crippen MR) is 120 cm³/mol. The molecule has 3 rings (SSSR count). The summed E-state index contributed by atoms with van der Waals surface area (Å²) in [7, 11) is 0. The number of piperidine rings is 1. The van der Waals surface area contributed by atoms with Crippen molar-refractivity contribution in [3.05, 3.63) is 70.8 Å². The van der Waals surface area contributed by atoms with Crippen molar-refractivity contribution in [1.29, 1.82) is 0 Å². The normalized spacial score (nSPS) is 15.8. The third-order valence-corrected chi connectivity index (χ3v) is 5.31. The van der Waals surface area contributed by atoms with Gasteiger partial charge in [-0.3, -0.25) is 9.69 Å². The van der Waals surface area contributed by atoms with Gasteiger partial charge in [-0.25, -0.2) is 0 Å². The molecule has 1 fully saturated rings. The molecule has 4 nitrogen and oxygen atoms in total. The summed E-state index contributed by atoms with van der Waals surface area (Å²) in [5.74, 6) is -0.0776. The molecule has 6 heteroatoms. The summed E-state index contributed by atoms with van der Waals surface area (Å²) in [4.78, 5) is 14.9. The molecule has 2 aromatic rings. The molecule has 0 aromatic heterocycles. The summed E-state index contributed by atoms with van der Waals surface area (Å²) in [6, 6.07) is 16.0. The second-order valence-corrected chi connectivity index (χ2v) is 7.37. The first-order chi connectivity index (χ1) is 12.5. The number of carbonyl (C=O) groups excluding carboxylic acids is 1. The summed E-state index contributed by atoms with van der Waals surface area (Å²) < 4.78 is 0. The van der Waals surface area contributed by atoms with Crippen LogP contribution in [0.25, 0.3) is 0 Å². The number of hydrogen-bond acceptors (Lipinski definition) is 3. The molecule has 1 amide bonds. The molecule has 1 aliphatic heterocycles. The summed E-state index contributed by atoms with van der Waals surface area (Å²) in [5, 5.41) is 3.14. The van der Waals surface area contributed by atoms with Crippen molar-refractivity contribution in [2.45, 2.75) is 45.3 Å². The van der Waals surface area contributed by atoms with Gasteiger partial charge in [0.05, 0.1) is 0 Å². The topological polar surface area (TPSA) is 58.4 Å². The zero-order valence-electron chi connectivity index (χ0n) is 16.6. The van der Waals surface area contributed by atoms with Crippen LogP contribution in [0.1, 0.15) is 41.1 Å². The van der Waals surface area contributed by atoms with E-state index in [0.717, 1.165) is 38.0 Å². The number of likely N-dealkylation sites (tertiary alicyclic amines) is 1. The molecule has 0 spiro atoms. The number of amides is 1. The lowest BCUT2D eigenvalue weighted by atomic mass is 10.0. The molecule has 1 atom stereocenters. The maximum atomic E-state index is 12.5. The largest absolute Gasteiger partial charge is 0.352 e. The van der Waals surface area contributed by atoms with E-state index in [2.05, 4.69) is 41.4 Å². The molecule has 1 saturated heterocycles. The SMILES string of the molecule is Cc1ccc(C(N)C(=O)NC2CCN(Cc3ccccc3C)CC2)cc1.Cl.Cl. The number of nitrogens with zero attached hydrogens (tertiary/aromatic N) is 1. The predicted octanol–water partition coefficient (Wildman–Crippen LogP) is 3.93. The molecule has 0 saturated carbocycles. The highest BCUT2D eigenvalue weighted by Gasteiger charge is 2.23. The third-order valence-electron chi connectivity index (χ3n) is 5.31. The first-order valence-electron chi connectivity index (χ1n) is 9.42. The van der Waals surface area contributed by atoms with Crippen molar-refractivity contribution in [2.75, 3.05) is 13.1 Å². The fraction of sp³-hybridized carbons (Fsp3) is 0.409. The zero-order valence-corrected chi connectivity index (χ0v) is 18.2. The Balaban J connectivity index is 0.00000196. The van der Waals surface area contributed by atoms with E-state index in [4.69, 9.17) is 5.73 Å². The number of nitrogens with one attached hydrogen (secondary N) is 1. The molecule has 1 unspecified atom stereocenters. The van der Waals surface area contributed by atoms with Gasteiger partial charge in [-0.15, -0.1) is 24.8 Å². The molecule has 0 radical (unpaired) electrons. The Hall–Kier alpha value is -1.59. The van der Waals surface area contributed by atoms with Gasteiger partial charge in [-0.1, -0.05) is 54.1 Å². The summed E-state index contributed by atoms with van der Waals surface area (Å²) in [5.41, 5.74) is 10.9. The Morgan fingerprint density at radius 3 is 2.29 bits per heavy atom. The van der Waals surface area contributed by atoms with Gasteiger partial charge in [0, 0.05) is 25.7 Å². The van der Waals surface area contributed by atoms with E-state index >= 15 is 0 Å². The molecule has 1 aliphatic rings. The summed E-state index contributed by atoms with van der Waals surface area (Å²) >= 11 is 0. The molecule has 154 valence electrons. The average molecular weight is 424 g/mol. The number of nitrogens with two attached hydrogens (primary N) is 1. The van der Waals surface area contributed by atoms with E-state index in [1.807, 2.05) is 31.2 Å². The van der Waals surface area contributed by atoms with Crippen LogP contribution in [0, 0.1) is 13.8 Å². The van der Waals surface area contributed by atoms with E-state index in [1.165, 1.54) is 16.7 Å². The van der Waals surface area contributed by atoms with Crippen molar-refractivity contribution in [3.8, 4) is 0 Å². The highest BCUT2D eigenvalue weighted by Crippen LogP contribution is 2.17. The summed E-state index contributed by atoms with van der Waals surface area (Å²) in [6.07, 6.45) is 1.94. The van der Waals surface area contributed by atoms with E-state index in [9.17, 15) is 4.79 Å². The van der Waals surface area contributed by atoms with Crippen LogP contribution in [0.5, 0.6) is 0 Å². The van der Waals surface area contributed by atoms with E-state index in [1.54, 1.807) is 0 Å². The van der Waals surface area contributed by atoms with Crippen molar-refractivity contribution < 1.29 is 4.79 Å². The van der Waals surface area contributed by atoms with Crippen LogP contribution < -0.4 is 11.1 Å². The van der Waals surface area contributed by atoms with Gasteiger partial charge >= 0.3 is 0 Å². The minimum atomic E-state index is -0.597. The average Bonchev–Trinajstić information content (AvgIpc) is 2.65. The van der Waals surface area contributed by atoms with Crippen LogP contribution in [-0.4, -0.2) is 29.9 Å². The van der Waals surface area contributed by atoms with Crippen LogP contribution in [0.15, 0.2) is 48.5 Å². The standard InChI is InChI=1S/C22H29N3O.2ClH/c1-16-7-9-18(10-8-16)21(23)22(26)24-20-11-13-25(14-12-20)15-19-6-4-3-5-17(19)2;;/h3-10,20-21H,11-15,23H2,1-2H3,(H,24,26);2*1H. The molecular weight excluding hydrogens is 393 g/mol. The van der Waals surface area contributed by atoms with E-state index < -0.39 is 6.04 Å². The number of hydrogen-bond donors (Lipinski definition) is 2. The number of carbonyl (C=O) groups is 1. The summed E-state index contributed by atoms with van der Waals surface area (Å²) in [6.45, 7) is 7.17. The minimum absolute atomic E-state index is 0. The first-order valence-corrected chi connectivity index (χ1v) is 9.42. The smallest absolute Gasteiger partial charge is 0.241 e. The lowest BCUT2D eigenvalue weighted by Gasteiger charge is -2.33. The van der Waals surface area contributed by atoms with Gasteiger partial charge in [0.1, 0.15) is 6.04 Å². The molecule has 2 aromatic carbocycles. The van der Waals surface area contributed by atoms with Crippen molar-refractivity contribution in [2.24, 2.45) is 5.73 Å². The lowest BCUT2D eigenvalue weighted by molar-refractivity contribution is -0.123. The van der Waals surface area contributed by atoms with E-state index in [-0.39, 0.29) is 36.8 Å². The highest BCUT2D eigenvalue weighted by atomic mass is 35.5. The quantitative estimate of drug-likeness (QED) is 0.765. The van der Waals surface area contributed by atoms with E-state index in [0.29, 0.717) is 0 Å². The molecule has 0 bridgehead atoms. The number of aryl methyl sites for hydroxylation is 2. The minimum Gasteiger partial charge on any atom is -0.352 e. The Morgan fingerprint density at radius 1 is 1.07 bits per heavy atom. The van der Waals surface area contributed by atoms with Crippen LogP contribution in [0.3, 0.4) is 0 Å². The second kappa shape index (κ2) is 11.4. The molecule has 28 heavy (non-hydrogen) atoms. The fourth-order valence-electron chi connectivity index (χ4n) is 3.48. The number of rotatable bonds is 5. The number of benzene rings is 2. The van der Waals surface area contributed by atoms with Gasteiger partial charge in [0.15, 0.2) is 0 Å². The van der Waals surface area contributed by atoms with Gasteiger partial charge in [0.2, 0.25) is 5.91 Å². The monoisotopic (exact) mass is 423 g/mol. The van der Waals surface area contributed by atoms with Crippen LogP contribution >= 0.6 is 24.8 Å². The Bertz CT molecular complexity index is 744. The molecule has 1 heterocycles. The van der Waals surface area contributed by atoms with Crippen LogP contribution in [0.2, 0.25) is 0 Å². The van der Waals surface area contributed by atoms with Gasteiger partial charge in [-0.2, -0.15) is 0 Å².